The van der Waals surface area contributed by atoms with E-state index >= 15 is 0 Å². The Morgan fingerprint density at radius 1 is 1.14 bits per heavy atom. The monoisotopic (exact) mass is 392 g/mol. The van der Waals surface area contributed by atoms with Crippen LogP contribution in [0.5, 0.6) is 11.5 Å². The highest BCUT2D eigenvalue weighted by Crippen LogP contribution is 2.38. The zero-order valence-electron chi connectivity index (χ0n) is 15.3. The molecule has 2 aromatic carbocycles. The molecule has 1 saturated heterocycles. The minimum Gasteiger partial charge on any atom is -0.486 e. The van der Waals surface area contributed by atoms with Gasteiger partial charge in [-0.15, -0.1) is 11.3 Å². The first kappa shape index (κ1) is 17.3. The van der Waals surface area contributed by atoms with Crippen molar-refractivity contribution in [2.45, 2.75) is 18.9 Å². The number of ether oxygens (including phenoxy) is 2. The van der Waals surface area contributed by atoms with Crippen LogP contribution in [-0.4, -0.2) is 35.5 Å². The molecule has 0 aliphatic carbocycles. The summed E-state index contributed by atoms with van der Waals surface area (Å²) in [4.78, 5) is 19.4. The fraction of sp³-hybridized carbons (Fsp3) is 0.273. The lowest BCUT2D eigenvalue weighted by Crippen LogP contribution is -2.29. The van der Waals surface area contributed by atoms with Gasteiger partial charge in [0.05, 0.1) is 16.3 Å². The van der Waals surface area contributed by atoms with Crippen LogP contribution in [0.3, 0.4) is 0 Å². The van der Waals surface area contributed by atoms with Gasteiger partial charge in [0.15, 0.2) is 11.5 Å². The lowest BCUT2D eigenvalue weighted by molar-refractivity contribution is -0.126. The number of para-hydroxylation sites is 1. The summed E-state index contributed by atoms with van der Waals surface area (Å²) in [6, 6.07) is 14.1. The van der Waals surface area contributed by atoms with Crippen molar-refractivity contribution in [1.82, 2.24) is 9.88 Å². The van der Waals surface area contributed by atoms with Gasteiger partial charge in [-0.1, -0.05) is 18.2 Å². The predicted molar refractivity (Wildman–Crippen MR) is 110 cm³/mol. The number of carbonyl (C=O) groups excluding carboxylic acids is 1. The smallest absolute Gasteiger partial charge is 0.247 e. The number of likely N-dealkylation sites (tertiary alicyclic amines) is 1. The molecule has 3 heterocycles. The normalized spacial score (nSPS) is 18.9. The molecule has 1 aromatic heterocycles. The van der Waals surface area contributed by atoms with Gasteiger partial charge in [-0.25, -0.2) is 4.98 Å². The second kappa shape index (κ2) is 7.28. The first-order valence-electron chi connectivity index (χ1n) is 9.52. The first-order valence-corrected chi connectivity index (χ1v) is 10.3. The van der Waals surface area contributed by atoms with Gasteiger partial charge in [0.25, 0.3) is 0 Å². The van der Waals surface area contributed by atoms with Crippen molar-refractivity contribution < 1.29 is 14.3 Å². The Bertz CT molecular complexity index is 1030. The second-order valence-corrected chi connectivity index (χ2v) is 8.01. The molecule has 2 aliphatic rings. The van der Waals surface area contributed by atoms with Crippen LogP contribution < -0.4 is 9.47 Å². The lowest BCUT2D eigenvalue weighted by atomic mass is 10.0. The topological polar surface area (TPSA) is 51.7 Å². The minimum absolute atomic E-state index is 0.0247. The number of fused-ring (bicyclic) bond motifs is 2. The largest absolute Gasteiger partial charge is 0.486 e. The number of benzene rings is 2. The van der Waals surface area contributed by atoms with Gasteiger partial charge in [-0.3, -0.25) is 4.79 Å². The number of nitrogens with zero attached hydrogens (tertiary/aromatic N) is 2. The molecule has 28 heavy (non-hydrogen) atoms. The van der Waals surface area contributed by atoms with Crippen molar-refractivity contribution in [3.63, 3.8) is 0 Å². The van der Waals surface area contributed by atoms with Gasteiger partial charge < -0.3 is 14.4 Å². The molecule has 6 heteroatoms. The van der Waals surface area contributed by atoms with Gasteiger partial charge in [-0.2, -0.15) is 0 Å². The number of hydrogen-bond acceptors (Lipinski definition) is 5. The summed E-state index contributed by atoms with van der Waals surface area (Å²) in [6.45, 7) is 1.91. The van der Waals surface area contributed by atoms with E-state index in [0.29, 0.717) is 13.2 Å². The molecule has 0 saturated carbocycles. The van der Waals surface area contributed by atoms with Crippen LogP contribution in [0.25, 0.3) is 16.3 Å². The van der Waals surface area contributed by atoms with Crippen LogP contribution in [0, 0.1) is 0 Å². The van der Waals surface area contributed by atoms with Crippen molar-refractivity contribution in [3.8, 4) is 11.5 Å². The van der Waals surface area contributed by atoms with E-state index in [0.717, 1.165) is 51.7 Å². The van der Waals surface area contributed by atoms with Crippen LogP contribution >= 0.6 is 11.3 Å². The predicted octanol–water partition coefficient (Wildman–Crippen LogP) is 4.44. The second-order valence-electron chi connectivity index (χ2n) is 6.95. The van der Waals surface area contributed by atoms with E-state index in [1.807, 2.05) is 53.4 Å². The molecule has 1 atom stereocenters. The molecule has 0 spiro atoms. The number of aromatic nitrogens is 1. The fourth-order valence-electron chi connectivity index (χ4n) is 3.84. The highest BCUT2D eigenvalue weighted by atomic mass is 32.1. The maximum atomic E-state index is 12.9. The van der Waals surface area contributed by atoms with Crippen LogP contribution in [0.2, 0.25) is 0 Å². The number of amides is 1. The van der Waals surface area contributed by atoms with Gasteiger partial charge in [0.2, 0.25) is 5.91 Å². The zero-order valence-corrected chi connectivity index (χ0v) is 16.2. The summed E-state index contributed by atoms with van der Waals surface area (Å²) in [6.07, 6.45) is 5.43. The third-order valence-corrected chi connectivity index (χ3v) is 6.17. The summed E-state index contributed by atoms with van der Waals surface area (Å²) < 4.78 is 12.4. The molecule has 2 aliphatic heterocycles. The molecule has 5 rings (SSSR count). The Hall–Kier alpha value is -2.86. The molecule has 0 N–H and O–H groups in total. The molecule has 1 amide bonds. The maximum Gasteiger partial charge on any atom is 0.247 e. The van der Waals surface area contributed by atoms with Crippen LogP contribution in [0.4, 0.5) is 0 Å². The van der Waals surface area contributed by atoms with E-state index < -0.39 is 0 Å². The van der Waals surface area contributed by atoms with Gasteiger partial charge >= 0.3 is 0 Å². The van der Waals surface area contributed by atoms with Crippen molar-refractivity contribution >= 4 is 33.5 Å². The molecular weight excluding hydrogens is 372 g/mol. The van der Waals surface area contributed by atoms with E-state index in [-0.39, 0.29) is 11.9 Å². The Morgan fingerprint density at radius 3 is 2.89 bits per heavy atom. The summed E-state index contributed by atoms with van der Waals surface area (Å²) in [5.74, 6) is 1.58. The van der Waals surface area contributed by atoms with E-state index in [4.69, 9.17) is 9.47 Å². The number of thiazole rings is 1. The summed E-state index contributed by atoms with van der Waals surface area (Å²) in [5, 5.41) is 0.852. The molecule has 0 radical (unpaired) electrons. The van der Waals surface area contributed by atoms with Gasteiger partial charge in [0.1, 0.15) is 18.2 Å². The highest BCUT2D eigenvalue weighted by Gasteiger charge is 2.29. The Balaban J connectivity index is 1.35. The Kier molecular flexibility index (Phi) is 4.49. The summed E-state index contributed by atoms with van der Waals surface area (Å²) >= 11 is 1.60. The van der Waals surface area contributed by atoms with Crippen molar-refractivity contribution in [2.24, 2.45) is 0 Å². The molecule has 1 fully saturated rings. The molecule has 5 nitrogen and oxygen atoms in total. The minimum atomic E-state index is 0.0247. The third kappa shape index (κ3) is 3.24. The molecule has 1 unspecified atom stereocenters. The number of rotatable bonds is 3. The molecule has 142 valence electrons. The average molecular weight is 392 g/mol. The van der Waals surface area contributed by atoms with Crippen LogP contribution in [0.1, 0.15) is 29.5 Å². The van der Waals surface area contributed by atoms with E-state index in [1.54, 1.807) is 17.4 Å². The average Bonchev–Trinajstić information content (AvgIpc) is 3.38. The Morgan fingerprint density at radius 2 is 2.00 bits per heavy atom. The van der Waals surface area contributed by atoms with Gasteiger partial charge in [-0.05, 0) is 48.7 Å². The van der Waals surface area contributed by atoms with E-state index in [2.05, 4.69) is 4.98 Å². The van der Waals surface area contributed by atoms with Crippen LogP contribution in [0.15, 0.2) is 48.5 Å². The highest BCUT2D eigenvalue weighted by molar-refractivity contribution is 7.19. The quantitative estimate of drug-likeness (QED) is 0.618. The van der Waals surface area contributed by atoms with E-state index in [1.165, 1.54) is 0 Å². The standard InChI is InChI=1S/C22H20N2O3S/c25-22(10-9-21-23-16-4-1-2-6-20(16)28-21)24-11-3-5-17(24)15-7-8-18-19(14-15)27-13-12-26-18/h1-2,4,6-10,14,17H,3,5,11-13H2. The lowest BCUT2D eigenvalue weighted by Gasteiger charge is -2.26. The molecule has 0 bridgehead atoms. The molecule has 3 aromatic rings. The van der Waals surface area contributed by atoms with Crippen molar-refractivity contribution in [1.29, 1.82) is 0 Å². The summed E-state index contributed by atoms with van der Waals surface area (Å²) in [7, 11) is 0. The number of carbonyl (C=O) groups is 1. The van der Waals surface area contributed by atoms with Gasteiger partial charge in [0, 0.05) is 12.6 Å². The van der Waals surface area contributed by atoms with Crippen molar-refractivity contribution in [2.75, 3.05) is 19.8 Å². The fourth-order valence-corrected chi connectivity index (χ4v) is 4.71. The SMILES string of the molecule is O=C(C=Cc1nc2ccccc2s1)N1CCCC1c1ccc2c(c1)OCCO2. The molecular formula is C22H20N2O3S. The zero-order chi connectivity index (χ0) is 18.9. The maximum absolute atomic E-state index is 12.9. The van der Waals surface area contributed by atoms with Crippen LogP contribution in [-0.2, 0) is 4.79 Å². The third-order valence-electron chi connectivity index (χ3n) is 5.17. The number of hydrogen-bond donors (Lipinski definition) is 0. The first-order chi connectivity index (χ1) is 13.8. The van der Waals surface area contributed by atoms with Crippen molar-refractivity contribution in [3.05, 3.63) is 59.1 Å². The summed E-state index contributed by atoms with van der Waals surface area (Å²) in [5.41, 5.74) is 2.07. The van der Waals surface area contributed by atoms with E-state index in [9.17, 15) is 4.79 Å². The Labute approximate surface area is 167 Å².